The number of carbonyl (C=O) groups is 4. The van der Waals surface area contributed by atoms with Gasteiger partial charge in [0.05, 0.1) is 26.4 Å². The first-order valence-corrected chi connectivity index (χ1v) is 44.6. The SMILES string of the molecule is CCCCCCCCCCCCCCCCCCCCCCCCC(=O)O[C@H](COC(=O)CCCCCCCCCCCCCCCCCC)COP(=O)(O)OC[C@@H](O)COP(=O)(O)OC[C@@H](COC(=O)CCCCCCCCC)OC(=O)CCCCCCCCCCCCCC(C)C. The predicted molar refractivity (Wildman–Crippen MR) is 405 cm³/mol. The molecule has 2 unspecified atom stereocenters. The summed E-state index contributed by atoms with van der Waals surface area (Å²) in [4.78, 5) is 72.8. The summed E-state index contributed by atoms with van der Waals surface area (Å²) in [5.41, 5.74) is 0. The van der Waals surface area contributed by atoms with E-state index in [1.165, 1.54) is 238 Å². The van der Waals surface area contributed by atoms with Crippen molar-refractivity contribution in [3.8, 4) is 0 Å². The highest BCUT2D eigenvalue weighted by atomic mass is 31.2. The molecule has 0 aliphatic carbocycles. The molecule has 0 aromatic heterocycles. The lowest BCUT2D eigenvalue weighted by Crippen LogP contribution is -2.30. The van der Waals surface area contributed by atoms with Crippen LogP contribution in [0, 0.1) is 5.92 Å². The van der Waals surface area contributed by atoms with E-state index in [1.54, 1.807) is 0 Å². The van der Waals surface area contributed by atoms with Crippen LogP contribution in [0.25, 0.3) is 0 Å². The number of aliphatic hydroxyl groups excluding tert-OH is 1. The third-order valence-electron chi connectivity index (χ3n) is 18.8. The number of phosphoric acid groups is 2. The summed E-state index contributed by atoms with van der Waals surface area (Å²) >= 11 is 0. The number of unbranched alkanes of at least 4 members (excludes halogenated alkanes) is 52. The zero-order valence-corrected chi connectivity index (χ0v) is 66.4. The molecule has 588 valence electrons. The fourth-order valence-electron chi connectivity index (χ4n) is 12.4. The maximum absolute atomic E-state index is 13.1. The molecule has 0 aliphatic heterocycles. The number of hydrogen-bond acceptors (Lipinski definition) is 15. The molecule has 3 N–H and O–H groups in total. The topological polar surface area (TPSA) is 237 Å². The Morgan fingerprint density at radius 2 is 0.465 bits per heavy atom. The third kappa shape index (κ3) is 74.1. The van der Waals surface area contributed by atoms with E-state index in [2.05, 4.69) is 34.6 Å². The molecule has 0 aromatic carbocycles. The Kier molecular flexibility index (Phi) is 71.6. The summed E-state index contributed by atoms with van der Waals surface area (Å²) in [6, 6.07) is 0. The van der Waals surface area contributed by atoms with Crippen molar-refractivity contribution in [1.29, 1.82) is 0 Å². The zero-order chi connectivity index (χ0) is 72.7. The van der Waals surface area contributed by atoms with Gasteiger partial charge >= 0.3 is 39.5 Å². The van der Waals surface area contributed by atoms with Gasteiger partial charge in [0.15, 0.2) is 12.2 Å². The molecule has 0 spiro atoms. The number of carbonyl (C=O) groups excluding carboxylic acids is 4. The molecule has 99 heavy (non-hydrogen) atoms. The minimum absolute atomic E-state index is 0.107. The van der Waals surface area contributed by atoms with Gasteiger partial charge in [-0.3, -0.25) is 37.3 Å². The highest BCUT2D eigenvalue weighted by Gasteiger charge is 2.30. The van der Waals surface area contributed by atoms with E-state index in [0.717, 1.165) is 109 Å². The lowest BCUT2D eigenvalue weighted by molar-refractivity contribution is -0.161. The summed E-state index contributed by atoms with van der Waals surface area (Å²) in [6.45, 7) is 7.28. The van der Waals surface area contributed by atoms with Gasteiger partial charge in [-0.25, -0.2) is 9.13 Å². The van der Waals surface area contributed by atoms with Crippen LogP contribution in [0.3, 0.4) is 0 Å². The molecule has 0 heterocycles. The Bertz CT molecular complexity index is 1890. The number of ether oxygens (including phenoxy) is 4. The van der Waals surface area contributed by atoms with Crippen molar-refractivity contribution in [3.05, 3.63) is 0 Å². The van der Waals surface area contributed by atoms with Crippen LogP contribution >= 0.6 is 15.6 Å². The zero-order valence-electron chi connectivity index (χ0n) is 64.6. The van der Waals surface area contributed by atoms with Gasteiger partial charge in [-0.15, -0.1) is 0 Å². The molecule has 0 aliphatic rings. The van der Waals surface area contributed by atoms with Gasteiger partial charge in [0, 0.05) is 25.7 Å². The Hall–Kier alpha value is -1.94. The van der Waals surface area contributed by atoms with E-state index in [0.29, 0.717) is 25.7 Å². The first kappa shape index (κ1) is 97.1. The van der Waals surface area contributed by atoms with Gasteiger partial charge in [0.2, 0.25) is 0 Å². The van der Waals surface area contributed by atoms with E-state index in [-0.39, 0.29) is 25.7 Å². The number of rotatable bonds is 80. The minimum Gasteiger partial charge on any atom is -0.462 e. The molecule has 19 heteroatoms. The van der Waals surface area contributed by atoms with E-state index in [9.17, 15) is 43.2 Å². The number of aliphatic hydroxyl groups is 1. The molecule has 0 aromatic rings. The maximum Gasteiger partial charge on any atom is 0.472 e. The summed E-state index contributed by atoms with van der Waals surface area (Å²) in [6.07, 6.45) is 64.1. The largest absolute Gasteiger partial charge is 0.472 e. The molecule has 17 nitrogen and oxygen atoms in total. The summed E-state index contributed by atoms with van der Waals surface area (Å²) < 4.78 is 68.6. The Morgan fingerprint density at radius 1 is 0.273 bits per heavy atom. The van der Waals surface area contributed by atoms with E-state index in [1.807, 2.05) is 0 Å². The predicted octanol–water partition coefficient (Wildman–Crippen LogP) is 24.0. The van der Waals surface area contributed by atoms with E-state index >= 15 is 0 Å². The van der Waals surface area contributed by atoms with Crippen molar-refractivity contribution in [2.24, 2.45) is 5.92 Å². The summed E-state index contributed by atoms with van der Waals surface area (Å²) in [5.74, 6) is -1.35. The molecular formula is C80H156O17P2. The fraction of sp³-hybridized carbons (Fsp3) is 0.950. The highest BCUT2D eigenvalue weighted by Crippen LogP contribution is 2.45. The second-order valence-electron chi connectivity index (χ2n) is 29.3. The summed E-state index contributed by atoms with van der Waals surface area (Å²) in [7, 11) is -9.91. The average molecular weight is 1450 g/mol. The van der Waals surface area contributed by atoms with E-state index < -0.39 is 97.5 Å². The molecule has 0 amide bonds. The van der Waals surface area contributed by atoms with Gasteiger partial charge in [-0.2, -0.15) is 0 Å². The van der Waals surface area contributed by atoms with Crippen molar-refractivity contribution < 1.29 is 80.2 Å². The van der Waals surface area contributed by atoms with Crippen LogP contribution in [-0.2, 0) is 65.4 Å². The van der Waals surface area contributed by atoms with Crippen LogP contribution in [0.1, 0.15) is 426 Å². The van der Waals surface area contributed by atoms with Crippen LogP contribution in [0.2, 0.25) is 0 Å². The van der Waals surface area contributed by atoms with Crippen LogP contribution < -0.4 is 0 Å². The van der Waals surface area contributed by atoms with E-state index in [4.69, 9.17) is 37.0 Å². The molecule has 5 atom stereocenters. The van der Waals surface area contributed by atoms with Crippen molar-refractivity contribution in [2.45, 2.75) is 445 Å². The van der Waals surface area contributed by atoms with Crippen molar-refractivity contribution in [3.63, 3.8) is 0 Å². The number of esters is 4. The van der Waals surface area contributed by atoms with Gasteiger partial charge in [0.25, 0.3) is 0 Å². The standard InChI is InChI=1S/C80H156O17P2/c1-6-9-12-15-18-20-22-24-26-28-29-30-31-32-33-35-37-41-45-50-55-60-65-79(84)97-76(70-91-78(83)64-59-54-49-44-40-36-34-27-25-23-21-19-16-13-10-7-2)72-95-99(88,89)93-68-74(81)67-92-98(86,87)94-71-75(69-90-77(82)63-58-53-47-17-14-11-8-3)96-80(85)66-61-56-51-46-42-38-39-43-48-52-57-62-73(4)5/h73-76,81H,6-72H2,1-5H3,(H,86,87)(H,88,89)/t74-,75+,76+/m0/s1. The van der Waals surface area contributed by atoms with Crippen LogP contribution in [-0.4, -0.2) is 96.7 Å². The smallest absolute Gasteiger partial charge is 0.462 e. The second-order valence-corrected chi connectivity index (χ2v) is 32.2. The van der Waals surface area contributed by atoms with Gasteiger partial charge in [-0.05, 0) is 31.6 Å². The normalized spacial score (nSPS) is 13.9. The number of hydrogen-bond donors (Lipinski definition) is 3. The monoisotopic (exact) mass is 1450 g/mol. The molecule has 0 radical (unpaired) electrons. The quantitative estimate of drug-likeness (QED) is 0.0222. The van der Waals surface area contributed by atoms with Crippen molar-refractivity contribution in [1.82, 2.24) is 0 Å². The molecule has 0 rings (SSSR count). The molecule has 0 saturated carbocycles. The van der Waals surface area contributed by atoms with Gasteiger partial charge in [0.1, 0.15) is 19.3 Å². The molecular weight excluding hydrogens is 1290 g/mol. The molecule has 0 fully saturated rings. The average Bonchev–Trinajstić information content (AvgIpc) is 1.16. The first-order valence-electron chi connectivity index (χ1n) is 41.6. The minimum atomic E-state index is -4.96. The van der Waals surface area contributed by atoms with Crippen LogP contribution in [0.15, 0.2) is 0 Å². The lowest BCUT2D eigenvalue weighted by atomic mass is 10.0. The second kappa shape index (κ2) is 73.0. The van der Waals surface area contributed by atoms with Gasteiger partial charge in [-0.1, -0.05) is 375 Å². The van der Waals surface area contributed by atoms with Crippen LogP contribution in [0.4, 0.5) is 0 Å². The van der Waals surface area contributed by atoms with Crippen molar-refractivity contribution in [2.75, 3.05) is 39.6 Å². The first-order chi connectivity index (χ1) is 48.0. The Balaban J connectivity index is 5.16. The molecule has 0 saturated heterocycles. The highest BCUT2D eigenvalue weighted by molar-refractivity contribution is 7.47. The van der Waals surface area contributed by atoms with Gasteiger partial charge < -0.3 is 33.8 Å². The maximum atomic E-state index is 13.1. The third-order valence-corrected chi connectivity index (χ3v) is 20.7. The summed E-state index contributed by atoms with van der Waals surface area (Å²) in [5, 5.41) is 10.6. The molecule has 0 bridgehead atoms. The lowest BCUT2D eigenvalue weighted by Gasteiger charge is -2.21. The van der Waals surface area contributed by atoms with Crippen molar-refractivity contribution >= 4 is 39.5 Å². The Labute approximate surface area is 607 Å². The number of phosphoric ester groups is 2. The Morgan fingerprint density at radius 3 is 0.687 bits per heavy atom. The fourth-order valence-corrected chi connectivity index (χ4v) is 14.0. The van der Waals surface area contributed by atoms with Crippen LogP contribution in [0.5, 0.6) is 0 Å².